The van der Waals surface area contributed by atoms with Crippen LogP contribution in [-0.2, 0) is 29.9 Å². The molecule has 2 nitrogen and oxygen atoms in total. The largest absolute Gasteiger partial charge is 0.102 e. The summed E-state index contributed by atoms with van der Waals surface area (Å²) in [5, 5.41) is 1.64. The van der Waals surface area contributed by atoms with Crippen molar-refractivity contribution in [3.8, 4) is 0 Å². The van der Waals surface area contributed by atoms with Gasteiger partial charge in [0.2, 0.25) is 0 Å². The summed E-state index contributed by atoms with van der Waals surface area (Å²) in [5.41, 5.74) is 0. The van der Waals surface area contributed by atoms with Gasteiger partial charge < -0.3 is 0 Å². The van der Waals surface area contributed by atoms with Crippen LogP contribution in [0.1, 0.15) is 20.8 Å². The molecule has 0 radical (unpaired) electrons. The molecule has 0 atom stereocenters. The van der Waals surface area contributed by atoms with Gasteiger partial charge in [0.15, 0.2) is 0 Å². The molecule has 0 fully saturated rings. The van der Waals surface area contributed by atoms with Crippen molar-refractivity contribution in [2.24, 2.45) is 0 Å². The molecule has 0 saturated carbocycles. The molecule has 0 amide bonds. The number of benzene rings is 1. The van der Waals surface area contributed by atoms with Gasteiger partial charge in [0.1, 0.15) is 23.7 Å². The summed E-state index contributed by atoms with van der Waals surface area (Å²) in [7, 11) is -1.09. The average molecular weight is 395 g/mol. The van der Waals surface area contributed by atoms with E-state index in [2.05, 4.69) is 83.7 Å². The van der Waals surface area contributed by atoms with Gasteiger partial charge in [0.05, 0.1) is 0 Å². The smallest absolute Gasteiger partial charge is 0.102 e. The third kappa shape index (κ3) is 6.85. The Morgan fingerprint density at radius 3 is 1.56 bits per heavy atom. The molecular formula is C12H21Cl2MoO2P. The zero-order valence-corrected chi connectivity index (χ0v) is 15.5. The summed E-state index contributed by atoms with van der Waals surface area (Å²) < 4.78 is 6.56. The van der Waals surface area contributed by atoms with Crippen molar-refractivity contribution in [3.05, 3.63) is 30.3 Å². The van der Waals surface area contributed by atoms with Crippen LogP contribution in [0, 0.1) is 0 Å². The number of rotatable bonds is 5. The fourth-order valence-corrected chi connectivity index (χ4v) is 5.78. The fraction of sp³-hybridized carbons (Fsp3) is 0.500. The minimum Gasteiger partial charge on any atom is -0.102 e. The van der Waals surface area contributed by atoms with E-state index in [-0.39, 0.29) is 21.1 Å². The second-order valence-electron chi connectivity index (χ2n) is 3.83. The Bertz CT molecular complexity index is 274. The molecule has 6 heteroatoms. The SMILES string of the molecule is CC[PH](CC)(CC)c1ccccc1.ClOOCl.[Mo]. The maximum Gasteiger partial charge on any atom is 0.102 e. The van der Waals surface area contributed by atoms with Crippen LogP contribution in [0.5, 0.6) is 0 Å². The third-order valence-corrected chi connectivity index (χ3v) is 9.25. The van der Waals surface area contributed by atoms with Crippen molar-refractivity contribution in [1.82, 2.24) is 0 Å². The Labute approximate surface area is 135 Å². The van der Waals surface area contributed by atoms with E-state index in [4.69, 9.17) is 0 Å². The van der Waals surface area contributed by atoms with Crippen molar-refractivity contribution in [2.45, 2.75) is 20.8 Å². The van der Waals surface area contributed by atoms with Crippen molar-refractivity contribution in [3.63, 3.8) is 0 Å². The first kappa shape index (κ1) is 21.1. The summed E-state index contributed by atoms with van der Waals surface area (Å²) in [5.74, 6) is 0. The van der Waals surface area contributed by atoms with E-state index in [1.807, 2.05) is 0 Å². The quantitative estimate of drug-likeness (QED) is 0.319. The molecule has 1 aromatic rings. The van der Waals surface area contributed by atoms with Gasteiger partial charge in [0, 0.05) is 21.1 Å². The van der Waals surface area contributed by atoms with Crippen molar-refractivity contribution in [1.29, 1.82) is 0 Å². The van der Waals surface area contributed by atoms with Gasteiger partial charge in [-0.1, -0.05) is 0 Å². The minimum atomic E-state index is -1.09. The molecule has 0 aromatic heterocycles. The Hall–Kier alpha value is 0.838. The van der Waals surface area contributed by atoms with Gasteiger partial charge in [-0.05, 0) is 0 Å². The van der Waals surface area contributed by atoms with Gasteiger partial charge >= 0.3 is 82.2 Å². The van der Waals surface area contributed by atoms with Crippen LogP contribution < -0.4 is 5.30 Å². The van der Waals surface area contributed by atoms with E-state index in [0.29, 0.717) is 0 Å². The maximum absolute atomic E-state index is 4.33. The summed E-state index contributed by atoms with van der Waals surface area (Å²) in [4.78, 5) is 0. The van der Waals surface area contributed by atoms with Gasteiger partial charge in [-0.25, -0.2) is 0 Å². The van der Waals surface area contributed by atoms with Crippen molar-refractivity contribution >= 4 is 36.3 Å². The molecule has 18 heavy (non-hydrogen) atoms. The second kappa shape index (κ2) is 12.9. The summed E-state index contributed by atoms with van der Waals surface area (Å²) in [6, 6.07) is 11.1. The first-order valence-corrected chi connectivity index (χ1v) is 9.06. The summed E-state index contributed by atoms with van der Waals surface area (Å²) in [6.07, 6.45) is 4.14. The second-order valence-corrected chi connectivity index (χ2v) is 9.34. The molecule has 0 heterocycles. The first-order chi connectivity index (χ1) is 8.20. The third-order valence-electron chi connectivity index (χ3n) is 3.44. The summed E-state index contributed by atoms with van der Waals surface area (Å²) >= 11 is 8.66. The molecule has 1 aromatic carbocycles. The fourth-order valence-electron chi connectivity index (χ4n) is 2.15. The normalized spacial score (nSPS) is 10.9. The molecule has 0 aliphatic carbocycles. The van der Waals surface area contributed by atoms with Crippen molar-refractivity contribution < 1.29 is 29.9 Å². The molecule has 1 rings (SSSR count). The first-order valence-electron chi connectivity index (χ1n) is 5.82. The summed E-state index contributed by atoms with van der Waals surface area (Å²) in [6.45, 7) is 7.06. The Kier molecular flexibility index (Phi) is 15.1. The zero-order valence-electron chi connectivity index (χ0n) is 11.0. The van der Waals surface area contributed by atoms with Crippen LogP contribution in [0.15, 0.2) is 30.3 Å². The zero-order chi connectivity index (χ0) is 13.1. The number of hydrogen-bond acceptors (Lipinski definition) is 2. The Morgan fingerprint density at radius 2 is 1.28 bits per heavy atom. The molecule has 0 aliphatic heterocycles. The van der Waals surface area contributed by atoms with E-state index in [9.17, 15) is 0 Å². The predicted octanol–water partition coefficient (Wildman–Crippen LogP) is 4.36. The molecule has 0 saturated heterocycles. The van der Waals surface area contributed by atoms with E-state index in [0.717, 1.165) is 0 Å². The van der Waals surface area contributed by atoms with Crippen LogP contribution in [0.4, 0.5) is 0 Å². The number of hydrogen-bond donors (Lipinski definition) is 0. The maximum atomic E-state index is 4.33. The average Bonchev–Trinajstić information content (AvgIpc) is 2.43. The molecule has 0 spiro atoms. The molecule has 0 aliphatic rings. The van der Waals surface area contributed by atoms with Crippen LogP contribution in [0.3, 0.4) is 0 Å². The Morgan fingerprint density at radius 1 is 0.889 bits per heavy atom. The van der Waals surface area contributed by atoms with E-state index in [1.54, 1.807) is 5.30 Å². The monoisotopic (exact) mass is 396 g/mol. The minimum absolute atomic E-state index is 0. The Balaban J connectivity index is 0. The topological polar surface area (TPSA) is 18.5 Å². The molecular weight excluding hydrogens is 374 g/mol. The van der Waals surface area contributed by atoms with Crippen molar-refractivity contribution in [2.75, 3.05) is 18.5 Å². The van der Waals surface area contributed by atoms with Gasteiger partial charge in [-0.3, -0.25) is 0 Å². The molecule has 0 bridgehead atoms. The number of halogens is 2. The van der Waals surface area contributed by atoms with Crippen LogP contribution >= 0.6 is 31.0 Å². The molecule has 0 N–H and O–H groups in total. The standard InChI is InChI=1S/C12H21P.Cl2O2.Mo/c1-4-13(5-2,6-3)12-10-8-7-9-11-12;1-3-4-2;/h7-11,13H,4-6H2,1-3H3;;. The predicted molar refractivity (Wildman–Crippen MR) is 79.9 cm³/mol. The van der Waals surface area contributed by atoms with E-state index in [1.165, 1.54) is 18.5 Å². The van der Waals surface area contributed by atoms with Gasteiger partial charge in [-0.15, -0.1) is 8.88 Å². The van der Waals surface area contributed by atoms with Crippen LogP contribution in [-0.4, -0.2) is 18.5 Å². The molecule has 0 unspecified atom stereocenters. The van der Waals surface area contributed by atoms with E-state index < -0.39 is 7.26 Å². The van der Waals surface area contributed by atoms with Crippen LogP contribution in [0.2, 0.25) is 0 Å². The van der Waals surface area contributed by atoms with Crippen LogP contribution in [0.25, 0.3) is 0 Å². The van der Waals surface area contributed by atoms with E-state index >= 15 is 0 Å². The van der Waals surface area contributed by atoms with Gasteiger partial charge in [0.25, 0.3) is 0 Å². The van der Waals surface area contributed by atoms with Gasteiger partial charge in [-0.2, -0.15) is 0 Å². The molecule has 106 valence electrons.